The number of nitrogens with one attached hydrogen (secondary N) is 2. The Hall–Kier alpha value is -1.52. The van der Waals surface area contributed by atoms with Crippen molar-refractivity contribution in [3.05, 3.63) is 6.33 Å². The zero-order valence-corrected chi connectivity index (χ0v) is 10.7. The van der Waals surface area contributed by atoms with Crippen molar-refractivity contribution >= 4 is 11.6 Å². The van der Waals surface area contributed by atoms with E-state index < -0.39 is 0 Å². The highest BCUT2D eigenvalue weighted by Gasteiger charge is 2.24. The molecule has 5 nitrogen and oxygen atoms in total. The summed E-state index contributed by atoms with van der Waals surface area (Å²) in [7, 11) is 3.46. The lowest BCUT2D eigenvalue weighted by atomic mass is 10.1. The van der Waals surface area contributed by atoms with Gasteiger partial charge in [-0.05, 0) is 19.3 Å². The molecule has 0 radical (unpaired) electrons. The molecule has 1 saturated carbocycles. The SMILES string of the molecule is CNc1ncnc(NC(C)CC2CC2)c1OC. The molecule has 1 atom stereocenters. The maximum atomic E-state index is 5.34. The van der Waals surface area contributed by atoms with Gasteiger partial charge in [0.05, 0.1) is 7.11 Å². The van der Waals surface area contributed by atoms with E-state index in [4.69, 9.17) is 4.74 Å². The summed E-state index contributed by atoms with van der Waals surface area (Å²) in [5.41, 5.74) is 0. The molecule has 0 spiro atoms. The molecule has 0 aliphatic heterocycles. The molecule has 0 aromatic carbocycles. The van der Waals surface area contributed by atoms with Crippen molar-refractivity contribution in [2.24, 2.45) is 5.92 Å². The lowest BCUT2D eigenvalue weighted by molar-refractivity contribution is 0.414. The molecule has 0 amide bonds. The van der Waals surface area contributed by atoms with Crippen molar-refractivity contribution in [1.82, 2.24) is 9.97 Å². The minimum atomic E-state index is 0.413. The number of hydrogen-bond donors (Lipinski definition) is 2. The van der Waals surface area contributed by atoms with Gasteiger partial charge in [0, 0.05) is 13.1 Å². The van der Waals surface area contributed by atoms with Crippen LogP contribution in [-0.2, 0) is 0 Å². The Balaban J connectivity index is 2.07. The summed E-state index contributed by atoms with van der Waals surface area (Å²) in [6.07, 6.45) is 5.48. The first kappa shape index (κ1) is 12.0. The van der Waals surface area contributed by atoms with Gasteiger partial charge in [0.1, 0.15) is 6.33 Å². The van der Waals surface area contributed by atoms with Gasteiger partial charge in [-0.25, -0.2) is 9.97 Å². The second-order valence-corrected chi connectivity index (χ2v) is 4.58. The Bertz CT molecular complexity index is 379. The lowest BCUT2D eigenvalue weighted by Gasteiger charge is -2.17. The molecule has 1 aliphatic rings. The van der Waals surface area contributed by atoms with Crippen molar-refractivity contribution in [3.8, 4) is 5.75 Å². The van der Waals surface area contributed by atoms with Gasteiger partial charge in [-0.2, -0.15) is 0 Å². The molecule has 1 aromatic rings. The standard InChI is InChI=1S/C12H20N4O/c1-8(6-9-4-5-9)16-12-10(17-3)11(13-2)14-7-15-12/h7-9H,4-6H2,1-3H3,(H2,13,14,15,16). The Morgan fingerprint density at radius 2 is 2.12 bits per heavy atom. The van der Waals surface area contributed by atoms with Crippen LogP contribution in [0, 0.1) is 5.92 Å². The third-order valence-corrected chi connectivity index (χ3v) is 3.01. The maximum Gasteiger partial charge on any atom is 0.204 e. The molecule has 17 heavy (non-hydrogen) atoms. The first-order valence-corrected chi connectivity index (χ1v) is 6.08. The normalized spacial score (nSPS) is 16.4. The fourth-order valence-corrected chi connectivity index (χ4v) is 1.99. The van der Waals surface area contributed by atoms with E-state index in [2.05, 4.69) is 27.5 Å². The first-order valence-electron chi connectivity index (χ1n) is 6.08. The number of methoxy groups -OCH3 is 1. The van der Waals surface area contributed by atoms with Crippen LogP contribution in [-0.4, -0.2) is 30.2 Å². The maximum absolute atomic E-state index is 5.34. The van der Waals surface area contributed by atoms with E-state index in [1.54, 1.807) is 13.4 Å². The largest absolute Gasteiger partial charge is 0.490 e. The van der Waals surface area contributed by atoms with E-state index in [1.807, 2.05) is 7.05 Å². The van der Waals surface area contributed by atoms with Crippen molar-refractivity contribution in [3.63, 3.8) is 0 Å². The topological polar surface area (TPSA) is 59.1 Å². The minimum Gasteiger partial charge on any atom is -0.490 e. The Labute approximate surface area is 102 Å². The lowest BCUT2D eigenvalue weighted by Crippen LogP contribution is -2.17. The highest BCUT2D eigenvalue weighted by Crippen LogP contribution is 2.35. The number of rotatable bonds is 6. The first-order chi connectivity index (χ1) is 8.24. The zero-order chi connectivity index (χ0) is 12.3. The molecular formula is C12H20N4O. The molecule has 1 aromatic heterocycles. The molecule has 2 rings (SSSR count). The van der Waals surface area contributed by atoms with Gasteiger partial charge in [-0.3, -0.25) is 0 Å². The summed E-state index contributed by atoms with van der Waals surface area (Å²) in [4.78, 5) is 8.36. The predicted molar refractivity (Wildman–Crippen MR) is 68.6 cm³/mol. The molecule has 0 bridgehead atoms. The zero-order valence-electron chi connectivity index (χ0n) is 10.7. The average Bonchev–Trinajstić information content (AvgIpc) is 3.12. The van der Waals surface area contributed by atoms with E-state index in [0.717, 1.165) is 11.7 Å². The summed E-state index contributed by atoms with van der Waals surface area (Å²) in [6.45, 7) is 2.18. The monoisotopic (exact) mass is 236 g/mol. The third-order valence-electron chi connectivity index (χ3n) is 3.01. The van der Waals surface area contributed by atoms with Crippen LogP contribution in [0.5, 0.6) is 5.75 Å². The van der Waals surface area contributed by atoms with Gasteiger partial charge in [-0.1, -0.05) is 12.8 Å². The highest BCUT2D eigenvalue weighted by atomic mass is 16.5. The minimum absolute atomic E-state index is 0.413. The van der Waals surface area contributed by atoms with Crippen LogP contribution in [0.25, 0.3) is 0 Å². The Morgan fingerprint density at radius 3 is 2.71 bits per heavy atom. The van der Waals surface area contributed by atoms with E-state index in [1.165, 1.54) is 19.3 Å². The molecule has 1 fully saturated rings. The number of anilines is 2. The molecule has 5 heteroatoms. The number of ether oxygens (including phenoxy) is 1. The van der Waals surface area contributed by atoms with Gasteiger partial charge in [0.25, 0.3) is 0 Å². The second-order valence-electron chi connectivity index (χ2n) is 4.58. The number of nitrogens with zero attached hydrogens (tertiary/aromatic N) is 2. The predicted octanol–water partition coefficient (Wildman–Crippen LogP) is 2.13. The summed E-state index contributed by atoms with van der Waals surface area (Å²) in [6, 6.07) is 0.413. The summed E-state index contributed by atoms with van der Waals surface area (Å²) in [5, 5.41) is 6.39. The summed E-state index contributed by atoms with van der Waals surface area (Å²) in [5.74, 6) is 3.05. The van der Waals surface area contributed by atoms with Crippen molar-refractivity contribution in [1.29, 1.82) is 0 Å². The van der Waals surface area contributed by atoms with Crippen LogP contribution in [0.1, 0.15) is 26.2 Å². The summed E-state index contributed by atoms with van der Waals surface area (Å²) < 4.78 is 5.34. The van der Waals surface area contributed by atoms with Gasteiger partial charge >= 0.3 is 0 Å². The van der Waals surface area contributed by atoms with Crippen molar-refractivity contribution in [2.75, 3.05) is 24.8 Å². The number of hydrogen-bond acceptors (Lipinski definition) is 5. The van der Waals surface area contributed by atoms with Gasteiger partial charge in [0.2, 0.25) is 5.75 Å². The summed E-state index contributed by atoms with van der Waals surface area (Å²) >= 11 is 0. The van der Waals surface area contributed by atoms with E-state index in [0.29, 0.717) is 17.6 Å². The van der Waals surface area contributed by atoms with Crippen LogP contribution in [0.15, 0.2) is 6.33 Å². The van der Waals surface area contributed by atoms with Gasteiger partial charge in [0.15, 0.2) is 11.6 Å². The molecule has 94 valence electrons. The van der Waals surface area contributed by atoms with E-state index in [-0.39, 0.29) is 0 Å². The fraction of sp³-hybridized carbons (Fsp3) is 0.667. The second kappa shape index (κ2) is 5.21. The molecule has 1 unspecified atom stereocenters. The van der Waals surface area contributed by atoms with Crippen LogP contribution >= 0.6 is 0 Å². The van der Waals surface area contributed by atoms with E-state index >= 15 is 0 Å². The van der Waals surface area contributed by atoms with Crippen molar-refractivity contribution < 1.29 is 4.74 Å². The van der Waals surface area contributed by atoms with Gasteiger partial charge in [-0.15, -0.1) is 0 Å². The van der Waals surface area contributed by atoms with Crippen LogP contribution in [0.3, 0.4) is 0 Å². The van der Waals surface area contributed by atoms with Crippen LogP contribution in [0.2, 0.25) is 0 Å². The average molecular weight is 236 g/mol. The third kappa shape index (κ3) is 2.99. The highest BCUT2D eigenvalue weighted by molar-refractivity contribution is 5.63. The smallest absolute Gasteiger partial charge is 0.204 e. The molecule has 1 aliphatic carbocycles. The van der Waals surface area contributed by atoms with Gasteiger partial charge < -0.3 is 15.4 Å². The quantitative estimate of drug-likeness (QED) is 0.792. The van der Waals surface area contributed by atoms with Crippen LogP contribution in [0.4, 0.5) is 11.6 Å². The van der Waals surface area contributed by atoms with E-state index in [9.17, 15) is 0 Å². The molecule has 1 heterocycles. The Kier molecular flexibility index (Phi) is 3.66. The fourth-order valence-electron chi connectivity index (χ4n) is 1.99. The molecular weight excluding hydrogens is 216 g/mol. The number of aromatic nitrogens is 2. The van der Waals surface area contributed by atoms with Crippen LogP contribution < -0.4 is 15.4 Å². The molecule has 2 N–H and O–H groups in total. The Morgan fingerprint density at radius 1 is 1.41 bits per heavy atom. The van der Waals surface area contributed by atoms with Crippen molar-refractivity contribution in [2.45, 2.75) is 32.2 Å². The molecule has 0 saturated heterocycles.